The van der Waals surface area contributed by atoms with Gasteiger partial charge in [-0.25, -0.2) is 12.7 Å². The van der Waals surface area contributed by atoms with Crippen molar-refractivity contribution < 1.29 is 12.8 Å². The predicted octanol–water partition coefficient (Wildman–Crippen LogP) is 2.04. The minimum Gasteiger partial charge on any atom is -0.465 e. The van der Waals surface area contributed by atoms with Crippen molar-refractivity contribution in [3.05, 3.63) is 17.1 Å². The second-order valence-electron chi connectivity index (χ2n) is 4.73. The minimum atomic E-state index is -3.47. The van der Waals surface area contributed by atoms with Gasteiger partial charge >= 0.3 is 0 Å². The van der Waals surface area contributed by atoms with Crippen LogP contribution in [0.1, 0.15) is 36.8 Å². The Morgan fingerprint density at radius 2 is 1.89 bits per heavy atom. The summed E-state index contributed by atoms with van der Waals surface area (Å²) in [5.74, 6) is 1.13. The molecule has 0 radical (unpaired) electrons. The molecule has 1 heterocycles. The molecule has 0 bridgehead atoms. The van der Waals surface area contributed by atoms with Crippen molar-refractivity contribution in [1.82, 2.24) is 9.62 Å². The number of rotatable bonds is 7. The smallest absolute Gasteiger partial charge is 0.246 e. The summed E-state index contributed by atoms with van der Waals surface area (Å²) in [5, 5.41) is 2.99. The number of aryl methyl sites for hydroxylation is 2. The molecule has 0 saturated heterocycles. The lowest BCUT2D eigenvalue weighted by Crippen LogP contribution is -2.29. The third kappa shape index (κ3) is 3.38. The van der Waals surface area contributed by atoms with Gasteiger partial charge in [0.2, 0.25) is 10.0 Å². The highest BCUT2D eigenvalue weighted by Gasteiger charge is 2.29. The Morgan fingerprint density at radius 1 is 1.26 bits per heavy atom. The lowest BCUT2D eigenvalue weighted by atomic mass is 10.2. The Kier molecular flexibility index (Phi) is 5.58. The van der Waals surface area contributed by atoms with Crippen LogP contribution in [0.4, 0.5) is 0 Å². The van der Waals surface area contributed by atoms with E-state index in [0.29, 0.717) is 29.5 Å². The van der Waals surface area contributed by atoms with Crippen LogP contribution < -0.4 is 5.32 Å². The lowest BCUT2D eigenvalue weighted by molar-refractivity contribution is 0.453. The zero-order valence-electron chi connectivity index (χ0n) is 12.4. The molecule has 1 aromatic rings. The molecule has 1 rings (SSSR count). The fraction of sp³-hybridized carbons (Fsp3) is 0.692. The molecule has 0 aromatic carbocycles. The summed E-state index contributed by atoms with van der Waals surface area (Å²) in [7, 11) is -0.0627. The van der Waals surface area contributed by atoms with Crippen LogP contribution in [0.2, 0.25) is 0 Å². The van der Waals surface area contributed by atoms with Crippen LogP contribution in [0.25, 0.3) is 0 Å². The van der Waals surface area contributed by atoms with Crippen LogP contribution in [0.15, 0.2) is 9.31 Å². The van der Waals surface area contributed by atoms with Gasteiger partial charge in [-0.15, -0.1) is 0 Å². The monoisotopic (exact) mass is 288 g/mol. The zero-order valence-corrected chi connectivity index (χ0v) is 13.2. The molecule has 110 valence electrons. The van der Waals surface area contributed by atoms with E-state index >= 15 is 0 Å². The standard InChI is InChI=1S/C13H24N2O3S/c1-6-7-8-15(5)19(16,17)13-11(3)18-10(2)12(13)9-14-4/h14H,6-9H2,1-5H3. The highest BCUT2D eigenvalue weighted by atomic mass is 32.2. The second kappa shape index (κ2) is 6.54. The zero-order chi connectivity index (χ0) is 14.6. The summed E-state index contributed by atoms with van der Waals surface area (Å²) in [6.07, 6.45) is 1.82. The number of unbranched alkanes of at least 4 members (excludes halogenated alkanes) is 1. The summed E-state index contributed by atoms with van der Waals surface area (Å²) >= 11 is 0. The molecule has 0 aliphatic heterocycles. The molecule has 6 heteroatoms. The molecule has 0 aliphatic rings. The van der Waals surface area contributed by atoms with Gasteiger partial charge in [0, 0.05) is 25.7 Å². The molecular weight excluding hydrogens is 264 g/mol. The SMILES string of the molecule is CCCCN(C)S(=O)(=O)c1c(C)oc(C)c1CNC. The first-order chi connectivity index (χ1) is 8.86. The highest BCUT2D eigenvalue weighted by Crippen LogP contribution is 2.28. The van der Waals surface area contributed by atoms with Crippen LogP contribution in [-0.2, 0) is 16.6 Å². The van der Waals surface area contributed by atoms with E-state index < -0.39 is 10.0 Å². The van der Waals surface area contributed by atoms with Gasteiger partial charge in [0.25, 0.3) is 0 Å². The Hall–Kier alpha value is -0.850. The fourth-order valence-electron chi connectivity index (χ4n) is 2.09. The van der Waals surface area contributed by atoms with Gasteiger partial charge in [0.15, 0.2) is 0 Å². The molecule has 5 nitrogen and oxygen atoms in total. The Balaban J connectivity index is 3.20. The van der Waals surface area contributed by atoms with Crippen molar-refractivity contribution in [3.8, 4) is 0 Å². The van der Waals surface area contributed by atoms with Gasteiger partial charge in [-0.1, -0.05) is 13.3 Å². The van der Waals surface area contributed by atoms with Crippen LogP contribution in [0, 0.1) is 13.8 Å². The molecule has 1 aromatic heterocycles. The maximum Gasteiger partial charge on any atom is 0.246 e. The van der Waals surface area contributed by atoms with Crippen molar-refractivity contribution in [2.24, 2.45) is 0 Å². The molecule has 0 saturated carbocycles. The van der Waals surface area contributed by atoms with E-state index in [9.17, 15) is 8.42 Å². The summed E-state index contributed by atoms with van der Waals surface area (Å²) in [6, 6.07) is 0. The van der Waals surface area contributed by atoms with Crippen molar-refractivity contribution in [2.45, 2.75) is 45.1 Å². The number of nitrogens with zero attached hydrogens (tertiary/aromatic N) is 1. The third-order valence-corrected chi connectivity index (χ3v) is 5.23. The van der Waals surface area contributed by atoms with Gasteiger partial charge < -0.3 is 9.73 Å². The van der Waals surface area contributed by atoms with Crippen molar-refractivity contribution >= 4 is 10.0 Å². The van der Waals surface area contributed by atoms with Crippen molar-refractivity contribution in [1.29, 1.82) is 0 Å². The molecule has 19 heavy (non-hydrogen) atoms. The Bertz CT molecular complexity index is 520. The number of furan rings is 1. The molecule has 0 unspecified atom stereocenters. The van der Waals surface area contributed by atoms with Gasteiger partial charge in [-0.2, -0.15) is 0 Å². The van der Waals surface area contributed by atoms with Gasteiger partial charge in [0.1, 0.15) is 16.4 Å². The quantitative estimate of drug-likeness (QED) is 0.834. The molecule has 0 spiro atoms. The topological polar surface area (TPSA) is 62.6 Å². The number of sulfonamides is 1. The lowest BCUT2D eigenvalue weighted by Gasteiger charge is -2.17. The van der Waals surface area contributed by atoms with Gasteiger partial charge in [-0.05, 0) is 27.3 Å². The van der Waals surface area contributed by atoms with E-state index in [2.05, 4.69) is 5.32 Å². The third-order valence-electron chi connectivity index (χ3n) is 3.17. The predicted molar refractivity (Wildman–Crippen MR) is 75.7 cm³/mol. The summed E-state index contributed by atoms with van der Waals surface area (Å²) in [4.78, 5) is 0.318. The number of hydrogen-bond acceptors (Lipinski definition) is 4. The summed E-state index contributed by atoms with van der Waals surface area (Å²) in [6.45, 7) is 6.55. The average Bonchev–Trinajstić information content (AvgIpc) is 2.62. The van der Waals surface area contributed by atoms with Crippen LogP contribution >= 0.6 is 0 Å². The number of hydrogen-bond donors (Lipinski definition) is 1. The normalized spacial score (nSPS) is 12.3. The van der Waals surface area contributed by atoms with Crippen molar-refractivity contribution in [3.63, 3.8) is 0 Å². The Labute approximate surface area is 116 Å². The maximum atomic E-state index is 12.6. The fourth-order valence-corrected chi connectivity index (χ4v) is 3.70. The highest BCUT2D eigenvalue weighted by molar-refractivity contribution is 7.89. The first-order valence-electron chi connectivity index (χ1n) is 6.56. The first-order valence-corrected chi connectivity index (χ1v) is 8.00. The largest absolute Gasteiger partial charge is 0.465 e. The molecule has 0 amide bonds. The van der Waals surface area contributed by atoms with Gasteiger partial charge in [-0.3, -0.25) is 0 Å². The van der Waals surface area contributed by atoms with Gasteiger partial charge in [0.05, 0.1) is 0 Å². The van der Waals surface area contributed by atoms with E-state index in [4.69, 9.17) is 4.42 Å². The first kappa shape index (κ1) is 16.2. The van der Waals surface area contributed by atoms with Crippen LogP contribution in [0.5, 0.6) is 0 Å². The molecule has 0 fully saturated rings. The molecular formula is C13H24N2O3S. The molecule has 0 aliphatic carbocycles. The summed E-state index contributed by atoms with van der Waals surface area (Å²) < 4.78 is 32.1. The van der Waals surface area contributed by atoms with E-state index in [1.54, 1.807) is 27.9 Å². The number of nitrogens with one attached hydrogen (secondary N) is 1. The molecule has 1 N–H and O–H groups in total. The Morgan fingerprint density at radius 3 is 2.42 bits per heavy atom. The minimum absolute atomic E-state index is 0.318. The van der Waals surface area contributed by atoms with Crippen molar-refractivity contribution in [2.75, 3.05) is 20.6 Å². The maximum absolute atomic E-state index is 12.6. The van der Waals surface area contributed by atoms with E-state index in [1.165, 1.54) is 4.31 Å². The summed E-state index contributed by atoms with van der Waals surface area (Å²) in [5.41, 5.74) is 0.725. The van der Waals surface area contributed by atoms with E-state index in [0.717, 1.165) is 18.4 Å². The second-order valence-corrected chi connectivity index (χ2v) is 6.71. The van der Waals surface area contributed by atoms with Crippen LogP contribution in [0.3, 0.4) is 0 Å². The van der Waals surface area contributed by atoms with E-state index in [1.807, 2.05) is 6.92 Å². The average molecular weight is 288 g/mol. The van der Waals surface area contributed by atoms with E-state index in [-0.39, 0.29) is 0 Å². The van der Waals surface area contributed by atoms with Crippen LogP contribution in [-0.4, -0.2) is 33.4 Å². The molecule has 0 atom stereocenters.